The second kappa shape index (κ2) is 7.01. The lowest BCUT2D eigenvalue weighted by Gasteiger charge is -2.57. The SMILES string of the molecule is COc1ccc(S(=O)(=O)Nc2ccc(C34CC5CC(CC(C5)C3)C4)cc2)c(C)c1C. The molecule has 0 heterocycles. The van der Waals surface area contributed by atoms with Crippen LogP contribution < -0.4 is 9.46 Å². The van der Waals surface area contributed by atoms with Crippen LogP contribution in [0.3, 0.4) is 0 Å². The van der Waals surface area contributed by atoms with Gasteiger partial charge in [-0.25, -0.2) is 8.42 Å². The lowest BCUT2D eigenvalue weighted by molar-refractivity contribution is -0.00518. The third kappa shape index (κ3) is 3.22. The fraction of sp³-hybridized carbons (Fsp3) is 0.520. The molecule has 0 unspecified atom stereocenters. The standard InChI is InChI=1S/C25H31NO3S/c1-16-17(2)24(9-8-23(16)29-3)30(27,28)26-22-6-4-21(5-7-22)25-13-18-10-19(14-25)12-20(11-18)15-25/h4-9,18-20,26H,10-15H2,1-3H3. The maximum atomic E-state index is 13.0. The molecule has 30 heavy (non-hydrogen) atoms. The van der Waals surface area contributed by atoms with E-state index in [9.17, 15) is 8.42 Å². The maximum Gasteiger partial charge on any atom is 0.262 e. The number of methoxy groups -OCH3 is 1. The van der Waals surface area contributed by atoms with Crippen molar-refractivity contribution < 1.29 is 13.2 Å². The van der Waals surface area contributed by atoms with E-state index in [0.29, 0.717) is 27.3 Å². The van der Waals surface area contributed by atoms with Crippen LogP contribution in [0, 0.1) is 31.6 Å². The van der Waals surface area contributed by atoms with Gasteiger partial charge < -0.3 is 4.74 Å². The Kier molecular flexibility index (Phi) is 4.66. The van der Waals surface area contributed by atoms with E-state index in [1.807, 2.05) is 26.0 Å². The Morgan fingerprint density at radius 3 is 1.97 bits per heavy atom. The third-order valence-corrected chi connectivity index (χ3v) is 9.51. The van der Waals surface area contributed by atoms with Gasteiger partial charge in [-0.1, -0.05) is 12.1 Å². The average Bonchev–Trinajstić information content (AvgIpc) is 2.69. The quantitative estimate of drug-likeness (QED) is 0.680. The van der Waals surface area contributed by atoms with E-state index in [-0.39, 0.29) is 0 Å². The van der Waals surface area contributed by atoms with Crippen LogP contribution in [0.1, 0.15) is 55.2 Å². The van der Waals surface area contributed by atoms with Crippen LogP contribution in [0.4, 0.5) is 5.69 Å². The van der Waals surface area contributed by atoms with Crippen molar-refractivity contribution in [3.63, 3.8) is 0 Å². The van der Waals surface area contributed by atoms with Gasteiger partial charge >= 0.3 is 0 Å². The second-order valence-corrected chi connectivity index (χ2v) is 11.5. The van der Waals surface area contributed by atoms with Gasteiger partial charge in [0.05, 0.1) is 12.0 Å². The van der Waals surface area contributed by atoms with Gasteiger partial charge in [0.2, 0.25) is 0 Å². The van der Waals surface area contributed by atoms with Gasteiger partial charge in [0.1, 0.15) is 5.75 Å². The second-order valence-electron chi connectivity index (χ2n) is 9.90. The molecule has 5 heteroatoms. The lowest BCUT2D eigenvalue weighted by Crippen LogP contribution is -2.48. The molecule has 4 saturated carbocycles. The first-order valence-electron chi connectivity index (χ1n) is 11.1. The minimum absolute atomic E-state index is 0.297. The summed E-state index contributed by atoms with van der Waals surface area (Å²) in [4.78, 5) is 0.297. The molecule has 0 spiro atoms. The Morgan fingerprint density at radius 2 is 1.43 bits per heavy atom. The van der Waals surface area contributed by atoms with Crippen LogP contribution in [0.5, 0.6) is 5.75 Å². The van der Waals surface area contributed by atoms with E-state index in [0.717, 1.165) is 23.3 Å². The summed E-state index contributed by atoms with van der Waals surface area (Å²) in [6, 6.07) is 11.5. The molecule has 4 aliphatic carbocycles. The number of hydrogen-bond donors (Lipinski definition) is 1. The first-order valence-corrected chi connectivity index (χ1v) is 12.6. The van der Waals surface area contributed by atoms with Crippen LogP contribution in [-0.2, 0) is 15.4 Å². The van der Waals surface area contributed by atoms with Gasteiger partial charge in [0.15, 0.2) is 0 Å². The van der Waals surface area contributed by atoms with Crippen LogP contribution >= 0.6 is 0 Å². The van der Waals surface area contributed by atoms with Crippen molar-refractivity contribution in [3.05, 3.63) is 53.1 Å². The monoisotopic (exact) mass is 425 g/mol. The van der Waals surface area contributed by atoms with E-state index >= 15 is 0 Å². The van der Waals surface area contributed by atoms with Crippen molar-refractivity contribution >= 4 is 15.7 Å². The highest BCUT2D eigenvalue weighted by molar-refractivity contribution is 7.92. The molecule has 2 aromatic carbocycles. The van der Waals surface area contributed by atoms with Gasteiger partial charge in [-0.2, -0.15) is 0 Å². The summed E-state index contributed by atoms with van der Waals surface area (Å²) < 4.78 is 34.1. The number of rotatable bonds is 5. The zero-order valence-electron chi connectivity index (χ0n) is 18.1. The number of ether oxygens (including phenoxy) is 1. The number of hydrogen-bond acceptors (Lipinski definition) is 3. The van der Waals surface area contributed by atoms with Crippen molar-refractivity contribution in [3.8, 4) is 5.75 Å². The van der Waals surface area contributed by atoms with Crippen LogP contribution in [-0.4, -0.2) is 15.5 Å². The minimum Gasteiger partial charge on any atom is -0.496 e. The average molecular weight is 426 g/mol. The Bertz CT molecular complexity index is 1040. The smallest absolute Gasteiger partial charge is 0.262 e. The molecular weight excluding hydrogens is 394 g/mol. The maximum absolute atomic E-state index is 13.0. The fourth-order valence-corrected chi connectivity index (χ4v) is 8.21. The topological polar surface area (TPSA) is 55.4 Å². The predicted octanol–water partition coefficient (Wildman–Crippen LogP) is 5.58. The molecule has 0 saturated heterocycles. The number of anilines is 1. The molecule has 6 rings (SSSR count). The van der Waals surface area contributed by atoms with Crippen LogP contribution in [0.25, 0.3) is 0 Å². The highest BCUT2D eigenvalue weighted by Crippen LogP contribution is 2.60. The highest BCUT2D eigenvalue weighted by Gasteiger charge is 2.51. The first-order chi connectivity index (χ1) is 14.3. The predicted molar refractivity (Wildman–Crippen MR) is 120 cm³/mol. The zero-order chi connectivity index (χ0) is 21.1. The summed E-state index contributed by atoms with van der Waals surface area (Å²) in [7, 11) is -2.06. The van der Waals surface area contributed by atoms with Crippen molar-refractivity contribution in [2.24, 2.45) is 17.8 Å². The van der Waals surface area contributed by atoms with Gasteiger partial charge in [-0.3, -0.25) is 4.72 Å². The van der Waals surface area contributed by atoms with Crippen LogP contribution in [0.2, 0.25) is 0 Å². The Balaban J connectivity index is 1.39. The van der Waals surface area contributed by atoms with E-state index in [2.05, 4.69) is 16.9 Å². The molecule has 160 valence electrons. The summed E-state index contributed by atoms with van der Waals surface area (Å²) in [6.07, 6.45) is 8.23. The van der Waals surface area contributed by atoms with E-state index in [4.69, 9.17) is 4.74 Å². The van der Waals surface area contributed by atoms with Crippen molar-refractivity contribution in [1.82, 2.24) is 0 Å². The fourth-order valence-electron chi connectivity index (χ4n) is 6.85. The molecule has 4 aliphatic rings. The first kappa shape index (κ1) is 19.9. The largest absolute Gasteiger partial charge is 0.496 e. The number of nitrogens with one attached hydrogen (secondary N) is 1. The summed E-state index contributed by atoms with van der Waals surface area (Å²) in [6.45, 7) is 3.70. The van der Waals surface area contributed by atoms with E-state index in [1.54, 1.807) is 19.2 Å². The molecular formula is C25H31NO3S. The third-order valence-electron chi connectivity index (χ3n) is 7.98. The molecule has 0 atom stereocenters. The molecule has 0 radical (unpaired) electrons. The molecule has 1 N–H and O–H groups in total. The highest BCUT2D eigenvalue weighted by atomic mass is 32.2. The van der Waals surface area contributed by atoms with Gasteiger partial charge in [-0.15, -0.1) is 0 Å². The van der Waals surface area contributed by atoms with Gasteiger partial charge in [0, 0.05) is 5.69 Å². The Hall–Kier alpha value is -2.01. The summed E-state index contributed by atoms with van der Waals surface area (Å²) in [5.41, 5.74) is 3.91. The van der Waals surface area contributed by atoms with Crippen molar-refractivity contribution in [2.75, 3.05) is 11.8 Å². The lowest BCUT2D eigenvalue weighted by atomic mass is 9.48. The molecule has 0 aromatic heterocycles. The molecule has 4 bridgehead atoms. The Labute approximate surface area is 180 Å². The van der Waals surface area contributed by atoms with Crippen molar-refractivity contribution in [1.29, 1.82) is 0 Å². The molecule has 4 nitrogen and oxygen atoms in total. The summed E-state index contributed by atoms with van der Waals surface area (Å²) in [5.74, 6) is 3.40. The number of benzene rings is 2. The molecule has 0 amide bonds. The van der Waals surface area contributed by atoms with Crippen LogP contribution in [0.15, 0.2) is 41.3 Å². The molecule has 4 fully saturated rings. The van der Waals surface area contributed by atoms with E-state index < -0.39 is 10.0 Å². The normalized spacial score (nSPS) is 29.8. The summed E-state index contributed by atoms with van der Waals surface area (Å²) >= 11 is 0. The zero-order valence-corrected chi connectivity index (χ0v) is 18.9. The molecule has 2 aromatic rings. The van der Waals surface area contributed by atoms with Gasteiger partial charge in [-0.05, 0) is 116 Å². The number of sulfonamides is 1. The Morgan fingerprint density at radius 1 is 0.867 bits per heavy atom. The minimum atomic E-state index is -3.65. The van der Waals surface area contributed by atoms with E-state index in [1.165, 1.54) is 44.1 Å². The van der Waals surface area contributed by atoms with Gasteiger partial charge in [0.25, 0.3) is 10.0 Å². The van der Waals surface area contributed by atoms with Crippen molar-refractivity contribution in [2.45, 2.75) is 62.7 Å². The molecule has 0 aliphatic heterocycles. The summed E-state index contributed by atoms with van der Waals surface area (Å²) in [5, 5.41) is 0.